The highest BCUT2D eigenvalue weighted by Gasteiger charge is 2.12. The van der Waals surface area contributed by atoms with Gasteiger partial charge in [0.15, 0.2) is 0 Å². The average molecular weight is 247 g/mol. The summed E-state index contributed by atoms with van der Waals surface area (Å²) in [6.07, 6.45) is 0. The summed E-state index contributed by atoms with van der Waals surface area (Å²) in [4.78, 5) is 23.6. The van der Waals surface area contributed by atoms with Gasteiger partial charge in [-0.2, -0.15) is 0 Å². The zero-order valence-corrected chi connectivity index (χ0v) is 10.5. The summed E-state index contributed by atoms with van der Waals surface area (Å²) >= 11 is 0. The predicted molar refractivity (Wildman–Crippen MR) is 63.0 cm³/mol. The third-order valence-corrected chi connectivity index (χ3v) is 1.93. The van der Waals surface area contributed by atoms with Crippen LogP contribution in [0.25, 0.3) is 0 Å². The Balaban J connectivity index is 3.43. The third-order valence-electron chi connectivity index (χ3n) is 1.93. The molecule has 0 aliphatic rings. The van der Waals surface area contributed by atoms with Gasteiger partial charge in [-0.05, 0) is 21.0 Å². The molecule has 0 rings (SSSR count). The number of nitrogens with one attached hydrogen (secondary N) is 2. The number of hydrogen-bond acceptors (Lipinski definition) is 4. The van der Waals surface area contributed by atoms with E-state index >= 15 is 0 Å². The number of carbonyl (C=O) groups is 2. The summed E-state index contributed by atoms with van der Waals surface area (Å²) in [5, 5.41) is 13.3. The third kappa shape index (κ3) is 9.58. The number of rotatable bonds is 8. The molecule has 3 N–H and O–H groups in total. The molecule has 0 radical (unpaired) electrons. The maximum absolute atomic E-state index is 11.1. The molecule has 0 bridgehead atoms. The predicted octanol–water partition coefficient (Wildman–Crippen LogP) is -0.663. The molecule has 0 aliphatic heterocycles. The normalized spacial score (nSPS) is 12.2. The number of ether oxygens (including phenoxy) is 1. The molecule has 7 heteroatoms. The first-order valence-electron chi connectivity index (χ1n) is 5.43. The fourth-order valence-corrected chi connectivity index (χ4v) is 0.895. The lowest BCUT2D eigenvalue weighted by Crippen LogP contribution is -2.45. The number of amides is 2. The molecule has 0 heterocycles. The van der Waals surface area contributed by atoms with Gasteiger partial charge in [0.1, 0.15) is 6.04 Å². The number of likely N-dealkylation sites (N-methyl/N-ethyl adjacent to an activating group) is 1. The van der Waals surface area contributed by atoms with Crippen LogP contribution < -0.4 is 10.6 Å². The van der Waals surface area contributed by atoms with Gasteiger partial charge in [0.2, 0.25) is 0 Å². The van der Waals surface area contributed by atoms with Crippen molar-refractivity contribution in [2.24, 2.45) is 0 Å². The minimum atomic E-state index is -1.07. The Kier molecular flexibility index (Phi) is 8.08. The summed E-state index contributed by atoms with van der Waals surface area (Å²) in [5.74, 6) is -1.07. The minimum absolute atomic E-state index is 0.353. The van der Waals surface area contributed by atoms with Crippen LogP contribution in [0.15, 0.2) is 0 Å². The summed E-state index contributed by atoms with van der Waals surface area (Å²) in [7, 11) is 3.89. The van der Waals surface area contributed by atoms with Crippen LogP contribution in [0, 0.1) is 0 Å². The molecule has 0 aliphatic carbocycles. The van der Waals surface area contributed by atoms with Crippen LogP contribution >= 0.6 is 0 Å². The van der Waals surface area contributed by atoms with E-state index in [-0.39, 0.29) is 0 Å². The molecule has 0 saturated heterocycles. The molecule has 0 saturated carbocycles. The molecule has 0 spiro atoms. The van der Waals surface area contributed by atoms with Crippen LogP contribution in [0.5, 0.6) is 0 Å². The van der Waals surface area contributed by atoms with Crippen LogP contribution in [0.3, 0.4) is 0 Å². The van der Waals surface area contributed by atoms with Gasteiger partial charge in [0.05, 0.1) is 13.2 Å². The molecule has 0 aromatic carbocycles. The number of nitrogens with zero attached hydrogens (tertiary/aromatic N) is 1. The molecular weight excluding hydrogens is 226 g/mol. The molecule has 7 nitrogen and oxygen atoms in total. The molecule has 0 fully saturated rings. The van der Waals surface area contributed by atoms with Crippen molar-refractivity contribution in [3.63, 3.8) is 0 Å². The summed E-state index contributed by atoms with van der Waals surface area (Å²) in [6.45, 7) is 3.58. The van der Waals surface area contributed by atoms with Gasteiger partial charge in [-0.1, -0.05) is 0 Å². The van der Waals surface area contributed by atoms with Crippen LogP contribution in [0.1, 0.15) is 6.92 Å². The van der Waals surface area contributed by atoms with Crippen LogP contribution in [0.2, 0.25) is 0 Å². The second-order valence-corrected chi connectivity index (χ2v) is 3.88. The lowest BCUT2D eigenvalue weighted by Gasteiger charge is -2.12. The quantitative estimate of drug-likeness (QED) is 0.495. The summed E-state index contributed by atoms with van der Waals surface area (Å²) in [6, 6.07) is -1.40. The Bertz CT molecular complexity index is 246. The Morgan fingerprint density at radius 3 is 2.53 bits per heavy atom. The summed E-state index contributed by atoms with van der Waals surface area (Å²) in [5.41, 5.74) is 0. The van der Waals surface area contributed by atoms with E-state index < -0.39 is 18.0 Å². The number of urea groups is 1. The van der Waals surface area contributed by atoms with Crippen LogP contribution in [-0.2, 0) is 9.53 Å². The second-order valence-electron chi connectivity index (χ2n) is 3.88. The monoisotopic (exact) mass is 247 g/mol. The zero-order chi connectivity index (χ0) is 13.3. The Labute approximate surface area is 101 Å². The first-order chi connectivity index (χ1) is 7.93. The van der Waals surface area contributed by atoms with E-state index in [1.807, 2.05) is 19.0 Å². The van der Waals surface area contributed by atoms with Gasteiger partial charge in [0, 0.05) is 13.1 Å². The number of hydrogen-bond donors (Lipinski definition) is 3. The molecule has 100 valence electrons. The van der Waals surface area contributed by atoms with Crippen LogP contribution in [-0.4, -0.2) is 68.4 Å². The smallest absolute Gasteiger partial charge is 0.325 e. The van der Waals surface area contributed by atoms with E-state index in [1.165, 1.54) is 6.92 Å². The first kappa shape index (κ1) is 15.7. The van der Waals surface area contributed by atoms with E-state index in [9.17, 15) is 9.59 Å². The Morgan fingerprint density at radius 2 is 2.00 bits per heavy atom. The van der Waals surface area contributed by atoms with Gasteiger partial charge >= 0.3 is 12.0 Å². The zero-order valence-electron chi connectivity index (χ0n) is 10.5. The van der Waals surface area contributed by atoms with Crippen molar-refractivity contribution in [1.29, 1.82) is 0 Å². The van der Waals surface area contributed by atoms with Crippen molar-refractivity contribution >= 4 is 12.0 Å². The van der Waals surface area contributed by atoms with Crippen molar-refractivity contribution in [2.75, 3.05) is 40.4 Å². The van der Waals surface area contributed by atoms with Crippen molar-refractivity contribution in [1.82, 2.24) is 15.5 Å². The number of aliphatic carboxylic acids is 1. The maximum Gasteiger partial charge on any atom is 0.325 e. The lowest BCUT2D eigenvalue weighted by molar-refractivity contribution is -0.138. The van der Waals surface area contributed by atoms with E-state index in [0.29, 0.717) is 19.8 Å². The number of carbonyl (C=O) groups excluding carboxylic acids is 1. The van der Waals surface area contributed by atoms with E-state index in [4.69, 9.17) is 9.84 Å². The van der Waals surface area contributed by atoms with Crippen molar-refractivity contribution in [2.45, 2.75) is 13.0 Å². The number of carboxylic acid groups (broad SMARTS) is 1. The molecule has 1 atom stereocenters. The molecule has 0 aromatic rings. The van der Waals surface area contributed by atoms with Crippen molar-refractivity contribution in [3.8, 4) is 0 Å². The van der Waals surface area contributed by atoms with Gasteiger partial charge in [-0.15, -0.1) is 0 Å². The van der Waals surface area contributed by atoms with E-state index in [2.05, 4.69) is 10.6 Å². The van der Waals surface area contributed by atoms with Gasteiger partial charge in [-0.25, -0.2) is 4.79 Å². The number of carboxylic acids is 1. The second kappa shape index (κ2) is 8.77. The van der Waals surface area contributed by atoms with E-state index in [0.717, 1.165) is 6.54 Å². The highest BCUT2D eigenvalue weighted by atomic mass is 16.5. The minimum Gasteiger partial charge on any atom is -0.480 e. The van der Waals surface area contributed by atoms with Crippen LogP contribution in [0.4, 0.5) is 4.79 Å². The summed E-state index contributed by atoms with van der Waals surface area (Å²) < 4.78 is 5.25. The molecule has 2 amide bonds. The standard InChI is InChI=1S/C10H21N3O4/c1-8(9(14)15)12-10(16)11-4-6-17-7-5-13(2)3/h8H,4-7H2,1-3H3,(H,14,15)(H2,11,12,16)/t8-/m0/s1. The van der Waals surface area contributed by atoms with Crippen molar-refractivity contribution in [3.05, 3.63) is 0 Å². The Hall–Kier alpha value is -1.34. The van der Waals surface area contributed by atoms with E-state index in [1.54, 1.807) is 0 Å². The highest BCUT2D eigenvalue weighted by molar-refractivity contribution is 5.82. The topological polar surface area (TPSA) is 90.9 Å². The largest absolute Gasteiger partial charge is 0.480 e. The average Bonchev–Trinajstić information content (AvgIpc) is 2.22. The highest BCUT2D eigenvalue weighted by Crippen LogP contribution is 1.81. The molecule has 17 heavy (non-hydrogen) atoms. The van der Waals surface area contributed by atoms with Gasteiger partial charge < -0.3 is 25.4 Å². The molecule has 0 aromatic heterocycles. The fourth-order valence-electron chi connectivity index (χ4n) is 0.895. The SMILES string of the molecule is C[C@H](NC(=O)NCCOCCN(C)C)C(=O)O. The fraction of sp³-hybridized carbons (Fsp3) is 0.800. The molecular formula is C10H21N3O4. The lowest BCUT2D eigenvalue weighted by atomic mass is 10.3. The van der Waals surface area contributed by atoms with Gasteiger partial charge in [-0.3, -0.25) is 4.79 Å². The Morgan fingerprint density at radius 1 is 1.35 bits per heavy atom. The van der Waals surface area contributed by atoms with Gasteiger partial charge in [0.25, 0.3) is 0 Å². The molecule has 0 unspecified atom stereocenters. The first-order valence-corrected chi connectivity index (χ1v) is 5.43. The maximum atomic E-state index is 11.1. The van der Waals surface area contributed by atoms with Crippen molar-refractivity contribution < 1.29 is 19.4 Å².